The first-order valence-corrected chi connectivity index (χ1v) is 3.05. The standard InChI is InChI=1S/C5H10F2N2/c6-4-5(7)9-3-1-2-8-4/h4-5,8-9H,1-3H2. The number of alkyl halides is 2. The zero-order valence-corrected chi connectivity index (χ0v) is 5.03. The van der Waals surface area contributed by atoms with Crippen LogP contribution in [0.4, 0.5) is 8.78 Å². The van der Waals surface area contributed by atoms with Gasteiger partial charge in [0.05, 0.1) is 0 Å². The van der Waals surface area contributed by atoms with Gasteiger partial charge < -0.3 is 0 Å². The lowest BCUT2D eigenvalue weighted by Crippen LogP contribution is -2.38. The van der Waals surface area contributed by atoms with Crippen molar-refractivity contribution in [2.45, 2.75) is 19.0 Å². The maximum atomic E-state index is 12.3. The van der Waals surface area contributed by atoms with Crippen molar-refractivity contribution in [3.8, 4) is 0 Å². The Balaban J connectivity index is 2.32. The third kappa shape index (κ3) is 1.87. The Labute approximate surface area is 52.6 Å². The van der Waals surface area contributed by atoms with Crippen LogP contribution in [0, 0.1) is 0 Å². The van der Waals surface area contributed by atoms with Crippen LogP contribution in [0.2, 0.25) is 0 Å². The van der Waals surface area contributed by atoms with Crippen molar-refractivity contribution in [2.75, 3.05) is 13.1 Å². The normalized spacial score (nSPS) is 38.0. The van der Waals surface area contributed by atoms with Gasteiger partial charge in [-0.25, -0.2) is 8.78 Å². The van der Waals surface area contributed by atoms with Crippen LogP contribution in [0.25, 0.3) is 0 Å². The third-order valence-electron chi connectivity index (χ3n) is 1.29. The summed E-state index contributed by atoms with van der Waals surface area (Å²) in [5.41, 5.74) is 0. The van der Waals surface area contributed by atoms with E-state index in [4.69, 9.17) is 0 Å². The van der Waals surface area contributed by atoms with Crippen molar-refractivity contribution >= 4 is 0 Å². The summed E-state index contributed by atoms with van der Waals surface area (Å²) in [7, 11) is 0. The first-order valence-electron chi connectivity index (χ1n) is 3.05. The van der Waals surface area contributed by atoms with E-state index in [0.717, 1.165) is 6.42 Å². The van der Waals surface area contributed by atoms with Crippen molar-refractivity contribution in [1.29, 1.82) is 0 Å². The topological polar surface area (TPSA) is 24.1 Å². The smallest absolute Gasteiger partial charge is 0.196 e. The van der Waals surface area contributed by atoms with Crippen molar-refractivity contribution in [3.63, 3.8) is 0 Å². The van der Waals surface area contributed by atoms with Gasteiger partial charge in [-0.2, -0.15) is 0 Å². The van der Waals surface area contributed by atoms with Crippen LogP contribution >= 0.6 is 0 Å². The number of halogens is 2. The van der Waals surface area contributed by atoms with Gasteiger partial charge in [0, 0.05) is 0 Å². The fourth-order valence-electron chi connectivity index (χ4n) is 0.775. The lowest BCUT2D eigenvalue weighted by molar-refractivity contribution is 0.121. The summed E-state index contributed by atoms with van der Waals surface area (Å²) in [5, 5.41) is 4.78. The SMILES string of the molecule is FC1NCCCNC1F. The molecular formula is C5H10F2N2. The first kappa shape index (κ1) is 6.89. The monoisotopic (exact) mass is 136 g/mol. The predicted octanol–water partition coefficient (Wildman–Crippen LogP) is 0.160. The molecule has 1 saturated heterocycles. The maximum Gasteiger partial charge on any atom is 0.196 e. The minimum absolute atomic E-state index is 0.550. The molecule has 0 radical (unpaired) electrons. The van der Waals surface area contributed by atoms with Gasteiger partial charge in [-0.1, -0.05) is 0 Å². The van der Waals surface area contributed by atoms with E-state index in [1.165, 1.54) is 0 Å². The third-order valence-corrected chi connectivity index (χ3v) is 1.29. The maximum absolute atomic E-state index is 12.3. The van der Waals surface area contributed by atoms with E-state index >= 15 is 0 Å². The average Bonchev–Trinajstić information content (AvgIpc) is 1.99. The molecular weight excluding hydrogens is 126 g/mol. The number of hydrogen-bond acceptors (Lipinski definition) is 2. The molecule has 4 heteroatoms. The quantitative estimate of drug-likeness (QED) is 0.463. The molecule has 0 aromatic carbocycles. The van der Waals surface area contributed by atoms with Crippen LogP contribution in [-0.4, -0.2) is 25.7 Å². The Morgan fingerprint density at radius 2 is 1.44 bits per heavy atom. The molecule has 1 heterocycles. The van der Waals surface area contributed by atoms with Crippen molar-refractivity contribution in [1.82, 2.24) is 10.6 Å². The minimum Gasteiger partial charge on any atom is -0.284 e. The molecule has 2 N–H and O–H groups in total. The van der Waals surface area contributed by atoms with Gasteiger partial charge in [0.15, 0.2) is 12.6 Å². The molecule has 2 unspecified atom stereocenters. The second-order valence-corrected chi connectivity index (χ2v) is 2.07. The number of hydrogen-bond donors (Lipinski definition) is 2. The molecule has 1 fully saturated rings. The van der Waals surface area contributed by atoms with Crippen molar-refractivity contribution in [2.24, 2.45) is 0 Å². The Kier molecular flexibility index (Phi) is 2.36. The molecule has 0 aromatic rings. The van der Waals surface area contributed by atoms with Crippen LogP contribution < -0.4 is 10.6 Å². The highest BCUT2D eigenvalue weighted by Gasteiger charge is 2.20. The minimum atomic E-state index is -1.53. The van der Waals surface area contributed by atoms with Crippen LogP contribution in [-0.2, 0) is 0 Å². The molecule has 0 saturated carbocycles. The summed E-state index contributed by atoms with van der Waals surface area (Å²) in [6.07, 6.45) is -2.29. The van der Waals surface area contributed by atoms with E-state index in [0.29, 0.717) is 13.1 Å². The van der Waals surface area contributed by atoms with Crippen molar-refractivity contribution in [3.05, 3.63) is 0 Å². The lowest BCUT2D eigenvalue weighted by atomic mass is 10.4. The van der Waals surface area contributed by atoms with Crippen LogP contribution in [0.1, 0.15) is 6.42 Å². The van der Waals surface area contributed by atoms with E-state index in [1.54, 1.807) is 0 Å². The predicted molar refractivity (Wildman–Crippen MR) is 30.4 cm³/mol. The van der Waals surface area contributed by atoms with Gasteiger partial charge in [0.1, 0.15) is 0 Å². The van der Waals surface area contributed by atoms with E-state index < -0.39 is 12.6 Å². The highest BCUT2D eigenvalue weighted by atomic mass is 19.2. The zero-order valence-electron chi connectivity index (χ0n) is 5.03. The molecule has 1 aliphatic heterocycles. The second-order valence-electron chi connectivity index (χ2n) is 2.07. The Morgan fingerprint density at radius 3 is 1.89 bits per heavy atom. The lowest BCUT2D eigenvalue weighted by Gasteiger charge is -2.09. The largest absolute Gasteiger partial charge is 0.284 e. The van der Waals surface area contributed by atoms with E-state index in [1.807, 2.05) is 0 Å². The van der Waals surface area contributed by atoms with Gasteiger partial charge in [0.25, 0.3) is 0 Å². The van der Waals surface area contributed by atoms with Gasteiger partial charge in [-0.15, -0.1) is 0 Å². The fraction of sp³-hybridized carbons (Fsp3) is 1.00. The summed E-state index contributed by atoms with van der Waals surface area (Å²) < 4.78 is 24.6. The zero-order chi connectivity index (χ0) is 6.69. The molecule has 0 aliphatic carbocycles. The summed E-state index contributed by atoms with van der Waals surface area (Å²) in [6.45, 7) is 1.10. The summed E-state index contributed by atoms with van der Waals surface area (Å²) in [5.74, 6) is 0. The molecule has 0 amide bonds. The molecule has 54 valence electrons. The molecule has 0 aromatic heterocycles. The number of rotatable bonds is 0. The average molecular weight is 136 g/mol. The highest BCUT2D eigenvalue weighted by Crippen LogP contribution is 1.99. The highest BCUT2D eigenvalue weighted by molar-refractivity contribution is 4.68. The molecule has 1 rings (SSSR count). The number of nitrogens with one attached hydrogen (secondary N) is 2. The van der Waals surface area contributed by atoms with Gasteiger partial charge in [-0.05, 0) is 19.5 Å². The molecule has 1 aliphatic rings. The van der Waals surface area contributed by atoms with Gasteiger partial charge >= 0.3 is 0 Å². The van der Waals surface area contributed by atoms with Crippen LogP contribution in [0.3, 0.4) is 0 Å². The molecule has 9 heavy (non-hydrogen) atoms. The summed E-state index contributed by atoms with van der Waals surface area (Å²) in [4.78, 5) is 0. The molecule has 2 atom stereocenters. The van der Waals surface area contributed by atoms with Crippen molar-refractivity contribution < 1.29 is 8.78 Å². The van der Waals surface area contributed by atoms with E-state index in [9.17, 15) is 8.78 Å². The Bertz CT molecular complexity index is 79.0. The van der Waals surface area contributed by atoms with Crippen LogP contribution in [0.15, 0.2) is 0 Å². The Hall–Kier alpha value is -0.220. The molecule has 2 nitrogen and oxygen atoms in total. The molecule has 0 spiro atoms. The van der Waals surface area contributed by atoms with E-state index in [2.05, 4.69) is 10.6 Å². The summed E-state index contributed by atoms with van der Waals surface area (Å²) >= 11 is 0. The summed E-state index contributed by atoms with van der Waals surface area (Å²) in [6, 6.07) is 0. The second kappa shape index (κ2) is 3.08. The van der Waals surface area contributed by atoms with Crippen LogP contribution in [0.5, 0.6) is 0 Å². The van der Waals surface area contributed by atoms with E-state index in [-0.39, 0.29) is 0 Å². The fourth-order valence-corrected chi connectivity index (χ4v) is 0.775. The Morgan fingerprint density at radius 1 is 1.00 bits per heavy atom. The first-order chi connectivity index (χ1) is 4.30. The van der Waals surface area contributed by atoms with Gasteiger partial charge in [-0.3, -0.25) is 10.6 Å². The molecule has 0 bridgehead atoms. The van der Waals surface area contributed by atoms with Gasteiger partial charge in [0.2, 0.25) is 0 Å².